The van der Waals surface area contributed by atoms with Crippen molar-refractivity contribution in [3.05, 3.63) is 54.1 Å². The Morgan fingerprint density at radius 3 is 2.60 bits per heavy atom. The van der Waals surface area contributed by atoms with Crippen LogP contribution < -0.4 is 0 Å². The third-order valence-corrected chi connectivity index (χ3v) is 2.23. The van der Waals surface area contributed by atoms with Crippen molar-refractivity contribution < 1.29 is 9.90 Å². The van der Waals surface area contributed by atoms with Crippen LogP contribution in [0.2, 0.25) is 0 Å². The highest BCUT2D eigenvalue weighted by Crippen LogP contribution is 2.19. The first kappa shape index (κ1) is 9.46. The average molecular weight is 198 g/mol. The zero-order valence-corrected chi connectivity index (χ0v) is 8.05. The van der Waals surface area contributed by atoms with Crippen LogP contribution in [0.15, 0.2) is 48.5 Å². The van der Waals surface area contributed by atoms with E-state index in [0.717, 1.165) is 22.4 Å². The third-order valence-electron chi connectivity index (χ3n) is 2.23. The second-order valence-electron chi connectivity index (χ2n) is 3.24. The van der Waals surface area contributed by atoms with Gasteiger partial charge in [0, 0.05) is 6.08 Å². The molecule has 0 spiro atoms. The zero-order chi connectivity index (χ0) is 10.7. The lowest BCUT2D eigenvalue weighted by Gasteiger charge is -2.00. The molecule has 0 amide bonds. The van der Waals surface area contributed by atoms with E-state index in [9.17, 15) is 4.79 Å². The average Bonchev–Trinajstić information content (AvgIpc) is 2.26. The standard InChI is InChI=1S/C13H10O2/c14-13(15)9-8-11-6-3-5-10-4-1-2-7-12(10)11/h1-9H,(H,14,15)/b9-8+. The molecule has 0 aliphatic rings. The van der Waals surface area contributed by atoms with Gasteiger partial charge < -0.3 is 5.11 Å². The molecule has 0 saturated carbocycles. The van der Waals surface area contributed by atoms with Crippen LogP contribution in [0.1, 0.15) is 5.56 Å². The maximum absolute atomic E-state index is 10.4. The number of hydrogen-bond donors (Lipinski definition) is 1. The number of hydrogen-bond acceptors (Lipinski definition) is 1. The molecule has 0 radical (unpaired) electrons. The lowest BCUT2D eigenvalue weighted by atomic mass is 10.0. The number of carbonyl (C=O) groups is 1. The number of carboxylic acid groups (broad SMARTS) is 1. The predicted octanol–water partition coefficient (Wildman–Crippen LogP) is 2.94. The molecule has 2 aromatic carbocycles. The summed E-state index contributed by atoms with van der Waals surface area (Å²) in [6.45, 7) is 0. The van der Waals surface area contributed by atoms with Crippen molar-refractivity contribution in [3.8, 4) is 0 Å². The van der Waals surface area contributed by atoms with Crippen LogP contribution in [0, 0.1) is 0 Å². The highest BCUT2D eigenvalue weighted by Gasteiger charge is 1.96. The molecule has 2 nitrogen and oxygen atoms in total. The second kappa shape index (κ2) is 3.96. The molecule has 0 aliphatic heterocycles. The Labute approximate surface area is 87.5 Å². The molecular formula is C13H10O2. The smallest absolute Gasteiger partial charge is 0.328 e. The van der Waals surface area contributed by atoms with Gasteiger partial charge in [-0.1, -0.05) is 42.5 Å². The quantitative estimate of drug-likeness (QED) is 0.753. The van der Waals surface area contributed by atoms with E-state index in [1.807, 2.05) is 42.5 Å². The van der Waals surface area contributed by atoms with Crippen molar-refractivity contribution >= 4 is 22.8 Å². The monoisotopic (exact) mass is 198 g/mol. The molecule has 0 aromatic heterocycles. The van der Waals surface area contributed by atoms with E-state index in [1.165, 1.54) is 0 Å². The Kier molecular flexibility index (Phi) is 2.50. The van der Waals surface area contributed by atoms with Gasteiger partial charge >= 0.3 is 5.97 Å². The summed E-state index contributed by atoms with van der Waals surface area (Å²) in [5.41, 5.74) is 0.926. The fourth-order valence-corrected chi connectivity index (χ4v) is 1.56. The summed E-state index contributed by atoms with van der Waals surface area (Å²) < 4.78 is 0. The maximum Gasteiger partial charge on any atom is 0.328 e. The van der Waals surface area contributed by atoms with Crippen molar-refractivity contribution in [1.29, 1.82) is 0 Å². The van der Waals surface area contributed by atoms with Crippen LogP contribution >= 0.6 is 0 Å². The van der Waals surface area contributed by atoms with Gasteiger partial charge in [0.15, 0.2) is 0 Å². The summed E-state index contributed by atoms with van der Waals surface area (Å²) in [5.74, 6) is -0.928. The number of aliphatic carboxylic acids is 1. The van der Waals surface area contributed by atoms with E-state index in [2.05, 4.69) is 0 Å². The van der Waals surface area contributed by atoms with E-state index in [0.29, 0.717) is 0 Å². The number of rotatable bonds is 2. The van der Waals surface area contributed by atoms with Crippen LogP contribution in [0.25, 0.3) is 16.8 Å². The van der Waals surface area contributed by atoms with Crippen molar-refractivity contribution in [2.24, 2.45) is 0 Å². The first-order valence-corrected chi connectivity index (χ1v) is 4.66. The molecular weight excluding hydrogens is 188 g/mol. The number of carboxylic acids is 1. The van der Waals surface area contributed by atoms with Gasteiger partial charge in [0.05, 0.1) is 0 Å². The third kappa shape index (κ3) is 2.05. The topological polar surface area (TPSA) is 37.3 Å². The van der Waals surface area contributed by atoms with Gasteiger partial charge in [-0.05, 0) is 22.4 Å². The predicted molar refractivity (Wildman–Crippen MR) is 60.6 cm³/mol. The van der Waals surface area contributed by atoms with E-state index in [1.54, 1.807) is 6.08 Å². The minimum Gasteiger partial charge on any atom is -0.478 e. The van der Waals surface area contributed by atoms with E-state index in [-0.39, 0.29) is 0 Å². The van der Waals surface area contributed by atoms with Crippen LogP contribution in [0.5, 0.6) is 0 Å². The first-order valence-electron chi connectivity index (χ1n) is 4.66. The fourth-order valence-electron chi connectivity index (χ4n) is 1.56. The van der Waals surface area contributed by atoms with Crippen molar-refractivity contribution in [2.75, 3.05) is 0 Å². The van der Waals surface area contributed by atoms with Gasteiger partial charge in [0.1, 0.15) is 0 Å². The van der Waals surface area contributed by atoms with Crippen molar-refractivity contribution in [2.45, 2.75) is 0 Å². The van der Waals surface area contributed by atoms with Crippen LogP contribution in [0.4, 0.5) is 0 Å². The summed E-state index contributed by atoms with van der Waals surface area (Å²) >= 11 is 0. The van der Waals surface area contributed by atoms with E-state index >= 15 is 0 Å². The summed E-state index contributed by atoms with van der Waals surface area (Å²) in [6, 6.07) is 13.7. The largest absolute Gasteiger partial charge is 0.478 e. The molecule has 15 heavy (non-hydrogen) atoms. The molecule has 2 aromatic rings. The lowest BCUT2D eigenvalue weighted by Crippen LogP contribution is -1.86. The van der Waals surface area contributed by atoms with Gasteiger partial charge in [-0.15, -0.1) is 0 Å². The van der Waals surface area contributed by atoms with Crippen LogP contribution in [0.3, 0.4) is 0 Å². The molecule has 0 aliphatic carbocycles. The highest BCUT2D eigenvalue weighted by molar-refractivity contribution is 5.94. The lowest BCUT2D eigenvalue weighted by molar-refractivity contribution is -0.131. The molecule has 0 heterocycles. The molecule has 0 unspecified atom stereocenters. The molecule has 2 heteroatoms. The zero-order valence-electron chi connectivity index (χ0n) is 8.05. The Hall–Kier alpha value is -2.09. The van der Waals surface area contributed by atoms with Gasteiger partial charge in [0.2, 0.25) is 0 Å². The highest BCUT2D eigenvalue weighted by atomic mass is 16.4. The summed E-state index contributed by atoms with van der Waals surface area (Å²) in [5, 5.41) is 10.7. The van der Waals surface area contributed by atoms with E-state index < -0.39 is 5.97 Å². The molecule has 0 fully saturated rings. The Balaban J connectivity index is 2.56. The van der Waals surface area contributed by atoms with Crippen molar-refractivity contribution in [1.82, 2.24) is 0 Å². The molecule has 0 bridgehead atoms. The molecule has 0 saturated heterocycles. The number of fused-ring (bicyclic) bond motifs is 1. The second-order valence-corrected chi connectivity index (χ2v) is 3.24. The van der Waals surface area contributed by atoms with Crippen LogP contribution in [-0.4, -0.2) is 11.1 Å². The summed E-state index contributed by atoms with van der Waals surface area (Å²) in [7, 11) is 0. The normalized spacial score (nSPS) is 10.9. The van der Waals surface area contributed by atoms with E-state index in [4.69, 9.17) is 5.11 Å². The van der Waals surface area contributed by atoms with Gasteiger partial charge in [-0.3, -0.25) is 0 Å². The molecule has 2 rings (SSSR count). The maximum atomic E-state index is 10.4. The first-order chi connectivity index (χ1) is 7.27. The molecule has 74 valence electrons. The SMILES string of the molecule is O=C(O)/C=C/c1cccc2ccccc12. The fraction of sp³-hybridized carbons (Fsp3) is 0. The van der Waals surface area contributed by atoms with Crippen molar-refractivity contribution in [3.63, 3.8) is 0 Å². The van der Waals surface area contributed by atoms with Gasteiger partial charge in [-0.2, -0.15) is 0 Å². The summed E-state index contributed by atoms with van der Waals surface area (Å²) in [6.07, 6.45) is 2.77. The molecule has 1 N–H and O–H groups in total. The Bertz CT molecular complexity index is 522. The summed E-state index contributed by atoms with van der Waals surface area (Å²) in [4.78, 5) is 10.4. The minimum absolute atomic E-state index is 0.926. The number of benzene rings is 2. The minimum atomic E-state index is -0.928. The van der Waals surface area contributed by atoms with Gasteiger partial charge in [0.25, 0.3) is 0 Å². The molecule has 0 atom stereocenters. The van der Waals surface area contributed by atoms with Crippen LogP contribution in [-0.2, 0) is 4.79 Å². The Morgan fingerprint density at radius 1 is 1.07 bits per heavy atom. The van der Waals surface area contributed by atoms with Gasteiger partial charge in [-0.25, -0.2) is 4.79 Å². The Morgan fingerprint density at radius 2 is 1.80 bits per heavy atom.